The summed E-state index contributed by atoms with van der Waals surface area (Å²) in [5.74, 6) is -0.985. The molecule has 0 radical (unpaired) electrons. The van der Waals surface area contributed by atoms with Crippen molar-refractivity contribution in [1.82, 2.24) is 10.6 Å². The molecule has 0 unspecified atom stereocenters. The highest BCUT2D eigenvalue weighted by atomic mass is 16.6. The van der Waals surface area contributed by atoms with E-state index >= 15 is 0 Å². The third kappa shape index (κ3) is 8.67. The van der Waals surface area contributed by atoms with Crippen molar-refractivity contribution in [3.8, 4) is 0 Å². The third-order valence-electron chi connectivity index (χ3n) is 4.13. The highest BCUT2D eigenvalue weighted by molar-refractivity contribution is 5.98. The van der Waals surface area contributed by atoms with E-state index < -0.39 is 28.8 Å². The molecule has 2 atom stereocenters. The lowest BCUT2D eigenvalue weighted by Gasteiger charge is -2.22. The Balaban J connectivity index is 2.77. The molecule has 0 aromatic heterocycles. The second kappa shape index (κ2) is 12.1. The van der Waals surface area contributed by atoms with Gasteiger partial charge in [0.15, 0.2) is 5.96 Å². The lowest BCUT2D eigenvalue weighted by Crippen LogP contribution is -2.50. The molecule has 0 aliphatic heterocycles. The molecule has 1 rings (SSSR count). The smallest absolute Gasteiger partial charge is 0.269 e. The van der Waals surface area contributed by atoms with Crippen molar-refractivity contribution < 1.29 is 19.3 Å². The summed E-state index contributed by atoms with van der Waals surface area (Å²) in [6, 6.07) is 3.45. The summed E-state index contributed by atoms with van der Waals surface area (Å²) < 4.78 is 0. The first-order chi connectivity index (χ1) is 14.1. The molecular formula is C19H28N6O5. The van der Waals surface area contributed by atoms with E-state index in [2.05, 4.69) is 15.6 Å². The monoisotopic (exact) mass is 420 g/mol. The topological polar surface area (TPSA) is 183 Å². The van der Waals surface area contributed by atoms with Crippen LogP contribution in [0.4, 0.5) is 5.69 Å². The van der Waals surface area contributed by atoms with Gasteiger partial charge in [0.2, 0.25) is 5.91 Å². The van der Waals surface area contributed by atoms with Crippen molar-refractivity contribution in [2.45, 2.75) is 45.2 Å². The van der Waals surface area contributed by atoms with Gasteiger partial charge in [-0.3, -0.25) is 24.7 Å². The number of carbonyl (C=O) groups excluding carboxylic acids is 3. The fourth-order valence-corrected chi connectivity index (χ4v) is 2.66. The molecule has 6 N–H and O–H groups in total. The molecule has 0 saturated heterocycles. The average molecular weight is 420 g/mol. The number of guanidine groups is 1. The summed E-state index contributed by atoms with van der Waals surface area (Å²) in [5, 5.41) is 16.0. The van der Waals surface area contributed by atoms with Gasteiger partial charge >= 0.3 is 0 Å². The second-order valence-corrected chi connectivity index (χ2v) is 7.16. The second-order valence-electron chi connectivity index (χ2n) is 7.16. The van der Waals surface area contributed by atoms with Crippen molar-refractivity contribution in [2.75, 3.05) is 6.54 Å². The Morgan fingerprint density at radius 2 is 1.83 bits per heavy atom. The zero-order valence-corrected chi connectivity index (χ0v) is 17.0. The zero-order chi connectivity index (χ0) is 22.7. The van der Waals surface area contributed by atoms with Crippen molar-refractivity contribution >= 4 is 29.7 Å². The van der Waals surface area contributed by atoms with Gasteiger partial charge in [0, 0.05) is 24.2 Å². The lowest BCUT2D eigenvalue weighted by molar-refractivity contribution is -0.384. The average Bonchev–Trinajstić information content (AvgIpc) is 2.69. The standard InChI is InChI=1S/C19H28N6O5/c1-12(2)10-16(18(28)23-14(11-26)4-3-9-22-19(20)21)24-17(27)13-5-7-15(8-6-13)25(29)30/h5-8,11-12,14,16H,3-4,9-10H2,1-2H3,(H,23,28)(H,24,27)(H4,20,21,22)/t14-,16-/m0/s1. The number of non-ortho nitro benzene ring substituents is 1. The number of nitrogens with two attached hydrogens (primary N) is 2. The number of carbonyl (C=O) groups is 3. The molecule has 11 heteroatoms. The van der Waals surface area contributed by atoms with Gasteiger partial charge in [-0.15, -0.1) is 0 Å². The van der Waals surface area contributed by atoms with Crippen LogP contribution in [-0.2, 0) is 9.59 Å². The van der Waals surface area contributed by atoms with Crippen LogP contribution < -0.4 is 22.1 Å². The van der Waals surface area contributed by atoms with Gasteiger partial charge in [-0.2, -0.15) is 0 Å². The Labute approximate surface area is 174 Å². The van der Waals surface area contributed by atoms with E-state index in [0.717, 1.165) is 0 Å². The number of amides is 2. The third-order valence-corrected chi connectivity index (χ3v) is 4.13. The minimum absolute atomic E-state index is 0.0485. The summed E-state index contributed by atoms with van der Waals surface area (Å²) in [6.07, 6.45) is 1.81. The van der Waals surface area contributed by atoms with E-state index in [1.807, 2.05) is 13.8 Å². The minimum atomic E-state index is -0.868. The summed E-state index contributed by atoms with van der Waals surface area (Å²) in [6.45, 7) is 4.12. The Morgan fingerprint density at radius 1 is 1.20 bits per heavy atom. The molecule has 0 saturated carbocycles. The van der Waals surface area contributed by atoms with Crippen LogP contribution in [0.5, 0.6) is 0 Å². The SMILES string of the molecule is CC(C)C[C@H](NC(=O)c1ccc([N+](=O)[O-])cc1)C(=O)N[C@H](C=O)CCCN=C(N)N. The first-order valence-electron chi connectivity index (χ1n) is 9.50. The molecular weight excluding hydrogens is 392 g/mol. The number of hydrogen-bond acceptors (Lipinski definition) is 6. The van der Waals surface area contributed by atoms with Crippen LogP contribution in [0.25, 0.3) is 0 Å². The number of nitro groups is 1. The Hall–Kier alpha value is -3.50. The molecule has 1 aromatic carbocycles. The number of nitrogens with zero attached hydrogens (tertiary/aromatic N) is 2. The zero-order valence-electron chi connectivity index (χ0n) is 17.0. The quantitative estimate of drug-likeness (QED) is 0.0946. The van der Waals surface area contributed by atoms with E-state index in [4.69, 9.17) is 11.5 Å². The number of benzene rings is 1. The Morgan fingerprint density at radius 3 is 2.33 bits per heavy atom. The van der Waals surface area contributed by atoms with Gasteiger partial charge in [-0.05, 0) is 37.3 Å². The Kier molecular flexibility index (Phi) is 9.93. The van der Waals surface area contributed by atoms with Crippen molar-refractivity contribution in [3.05, 3.63) is 39.9 Å². The van der Waals surface area contributed by atoms with Gasteiger partial charge in [0.25, 0.3) is 11.6 Å². The normalized spacial score (nSPS) is 12.5. The predicted octanol–water partition coefficient (Wildman–Crippen LogP) is 0.477. The first-order valence-corrected chi connectivity index (χ1v) is 9.50. The van der Waals surface area contributed by atoms with E-state index in [0.29, 0.717) is 32.1 Å². The van der Waals surface area contributed by atoms with Crippen LogP contribution >= 0.6 is 0 Å². The van der Waals surface area contributed by atoms with Crippen LogP contribution in [0.15, 0.2) is 29.3 Å². The molecule has 2 amide bonds. The summed E-state index contributed by atoms with van der Waals surface area (Å²) in [5.41, 5.74) is 10.5. The van der Waals surface area contributed by atoms with E-state index in [-0.39, 0.29) is 23.1 Å². The van der Waals surface area contributed by atoms with Crippen molar-refractivity contribution in [3.63, 3.8) is 0 Å². The molecule has 30 heavy (non-hydrogen) atoms. The number of aliphatic imine (C=N–C) groups is 1. The first kappa shape index (κ1) is 24.5. The molecule has 0 fully saturated rings. The molecule has 164 valence electrons. The van der Waals surface area contributed by atoms with Crippen LogP contribution in [-0.4, -0.2) is 47.6 Å². The predicted molar refractivity (Wildman–Crippen MR) is 112 cm³/mol. The molecule has 11 nitrogen and oxygen atoms in total. The van der Waals surface area contributed by atoms with E-state index in [9.17, 15) is 24.5 Å². The molecule has 1 aromatic rings. The Bertz CT molecular complexity index is 774. The molecule has 0 spiro atoms. The summed E-state index contributed by atoms with van der Waals surface area (Å²) in [4.78, 5) is 50.4. The van der Waals surface area contributed by atoms with Gasteiger partial charge in [-0.25, -0.2) is 0 Å². The number of hydrogen-bond donors (Lipinski definition) is 4. The van der Waals surface area contributed by atoms with Crippen LogP contribution in [0, 0.1) is 16.0 Å². The van der Waals surface area contributed by atoms with E-state index in [1.54, 1.807) is 0 Å². The van der Waals surface area contributed by atoms with E-state index in [1.165, 1.54) is 24.3 Å². The van der Waals surface area contributed by atoms with Crippen molar-refractivity contribution in [1.29, 1.82) is 0 Å². The fourth-order valence-electron chi connectivity index (χ4n) is 2.66. The van der Waals surface area contributed by atoms with Crippen LogP contribution in [0.3, 0.4) is 0 Å². The van der Waals surface area contributed by atoms with Crippen LogP contribution in [0.2, 0.25) is 0 Å². The molecule has 0 bridgehead atoms. The molecule has 0 aliphatic carbocycles. The number of nitrogens with one attached hydrogen (secondary N) is 2. The number of aldehydes is 1. The maximum atomic E-state index is 12.7. The minimum Gasteiger partial charge on any atom is -0.370 e. The largest absolute Gasteiger partial charge is 0.370 e. The highest BCUT2D eigenvalue weighted by Crippen LogP contribution is 2.13. The fraction of sp³-hybridized carbons (Fsp3) is 0.474. The summed E-state index contributed by atoms with van der Waals surface area (Å²) in [7, 11) is 0. The van der Waals surface area contributed by atoms with Gasteiger partial charge in [-0.1, -0.05) is 13.8 Å². The molecule has 0 heterocycles. The maximum Gasteiger partial charge on any atom is 0.269 e. The maximum absolute atomic E-state index is 12.7. The number of nitro benzene ring substituents is 1. The lowest BCUT2D eigenvalue weighted by atomic mass is 10.0. The molecule has 0 aliphatic rings. The number of rotatable bonds is 12. The highest BCUT2D eigenvalue weighted by Gasteiger charge is 2.24. The summed E-state index contributed by atoms with van der Waals surface area (Å²) >= 11 is 0. The van der Waals surface area contributed by atoms with Gasteiger partial charge in [0.1, 0.15) is 12.3 Å². The van der Waals surface area contributed by atoms with Gasteiger partial charge in [0.05, 0.1) is 11.0 Å². The van der Waals surface area contributed by atoms with Gasteiger partial charge < -0.3 is 26.9 Å². The van der Waals surface area contributed by atoms with Crippen LogP contribution in [0.1, 0.15) is 43.5 Å². The van der Waals surface area contributed by atoms with Crippen molar-refractivity contribution in [2.24, 2.45) is 22.4 Å².